The molecule has 20 heavy (non-hydrogen) atoms. The zero-order valence-electron chi connectivity index (χ0n) is 12.9. The number of fused-ring (bicyclic) bond motifs is 1. The van der Waals surface area contributed by atoms with Crippen molar-refractivity contribution in [3.8, 4) is 0 Å². The average molecular weight is 268 g/mol. The normalized spacial score (nSPS) is 32.6. The topological polar surface area (TPSA) is 24.7 Å². The first kappa shape index (κ1) is 13.5. The smallest absolute Gasteiger partial charge is 0.0742 e. The van der Waals surface area contributed by atoms with Gasteiger partial charge >= 0.3 is 0 Å². The van der Waals surface area contributed by atoms with E-state index in [0.717, 1.165) is 11.8 Å². The van der Waals surface area contributed by atoms with E-state index >= 15 is 0 Å². The highest BCUT2D eigenvalue weighted by molar-refractivity contribution is 6.07. The minimum atomic E-state index is 0.565. The first-order valence-corrected chi connectivity index (χ1v) is 7.81. The molecule has 0 radical (unpaired) electrons. The molecule has 0 spiro atoms. The van der Waals surface area contributed by atoms with E-state index in [0.29, 0.717) is 11.8 Å². The van der Waals surface area contributed by atoms with Gasteiger partial charge in [0.1, 0.15) is 0 Å². The molecular weight excluding hydrogens is 244 g/mol. The molecule has 2 aliphatic rings. The van der Waals surface area contributed by atoms with Gasteiger partial charge in [-0.25, -0.2) is 0 Å². The first-order valence-electron chi connectivity index (χ1n) is 7.81. The van der Waals surface area contributed by atoms with Gasteiger partial charge in [0.2, 0.25) is 0 Å². The van der Waals surface area contributed by atoms with Gasteiger partial charge in [0.25, 0.3) is 0 Å². The number of aryl methyl sites for hydroxylation is 1. The second-order valence-corrected chi connectivity index (χ2v) is 6.53. The summed E-state index contributed by atoms with van der Waals surface area (Å²) in [6.45, 7) is 8.98. The second-order valence-electron chi connectivity index (χ2n) is 6.53. The van der Waals surface area contributed by atoms with Crippen molar-refractivity contribution in [2.75, 3.05) is 0 Å². The molecular formula is C18H24N2. The lowest BCUT2D eigenvalue weighted by atomic mass is 9.77. The van der Waals surface area contributed by atoms with Crippen LogP contribution in [0.25, 0.3) is 0 Å². The quantitative estimate of drug-likeness (QED) is 0.756. The fraction of sp³-hybridized carbons (Fsp3) is 0.556. The maximum Gasteiger partial charge on any atom is 0.0742 e. The van der Waals surface area contributed by atoms with Crippen LogP contribution in [0, 0.1) is 30.6 Å². The molecule has 1 aliphatic heterocycles. The van der Waals surface area contributed by atoms with Crippen molar-refractivity contribution < 1.29 is 0 Å². The van der Waals surface area contributed by atoms with E-state index in [1.807, 2.05) is 0 Å². The molecule has 2 heteroatoms. The monoisotopic (exact) mass is 268 g/mol. The number of hydrogen-bond acceptors (Lipinski definition) is 2. The summed E-state index contributed by atoms with van der Waals surface area (Å²) in [5.74, 6) is 2.63. The van der Waals surface area contributed by atoms with Crippen LogP contribution in [0.2, 0.25) is 0 Å². The third kappa shape index (κ3) is 2.11. The summed E-state index contributed by atoms with van der Waals surface area (Å²) < 4.78 is 0. The molecule has 4 unspecified atom stereocenters. The summed E-state index contributed by atoms with van der Waals surface area (Å²) in [5, 5.41) is 9.07. The van der Waals surface area contributed by atoms with Gasteiger partial charge in [-0.15, -0.1) is 0 Å². The fourth-order valence-corrected chi connectivity index (χ4v) is 4.14. The summed E-state index contributed by atoms with van der Waals surface area (Å²) in [5.41, 5.74) is 5.01. The Hall–Kier alpha value is -1.44. The zero-order valence-corrected chi connectivity index (χ0v) is 12.9. The van der Waals surface area contributed by atoms with Crippen LogP contribution in [-0.2, 0) is 0 Å². The summed E-state index contributed by atoms with van der Waals surface area (Å²) >= 11 is 0. The van der Waals surface area contributed by atoms with Gasteiger partial charge in [0.15, 0.2) is 0 Å². The van der Waals surface area contributed by atoms with Crippen LogP contribution in [0.4, 0.5) is 0 Å². The van der Waals surface area contributed by atoms with Gasteiger partial charge in [-0.3, -0.25) is 0 Å². The number of hydrogen-bond donors (Lipinski definition) is 0. The van der Waals surface area contributed by atoms with Gasteiger partial charge < -0.3 is 0 Å². The number of benzene rings is 1. The molecule has 1 aromatic rings. The van der Waals surface area contributed by atoms with Gasteiger partial charge in [0, 0.05) is 17.5 Å². The lowest BCUT2D eigenvalue weighted by molar-refractivity contribution is 0.438. The third-order valence-corrected chi connectivity index (χ3v) is 5.17. The maximum atomic E-state index is 4.59. The first-order chi connectivity index (χ1) is 9.61. The molecule has 0 aromatic heterocycles. The van der Waals surface area contributed by atoms with Gasteiger partial charge in [-0.2, -0.15) is 10.2 Å². The maximum absolute atomic E-state index is 4.59. The molecule has 1 fully saturated rings. The highest BCUT2D eigenvalue weighted by atomic mass is 15.2. The molecule has 1 aliphatic carbocycles. The Morgan fingerprint density at radius 3 is 2.40 bits per heavy atom. The predicted octanol–water partition coefficient (Wildman–Crippen LogP) is 4.47. The SMILES string of the molecule is CCC1CC(C)C2C(C)=NN=C(c3ccc(C)cc3)C12. The van der Waals surface area contributed by atoms with Gasteiger partial charge in [0.05, 0.1) is 5.71 Å². The Labute approximate surface area is 122 Å². The van der Waals surface area contributed by atoms with Crippen molar-refractivity contribution in [2.45, 2.75) is 40.5 Å². The van der Waals surface area contributed by atoms with Gasteiger partial charge in [-0.05, 0) is 37.7 Å². The average Bonchev–Trinajstić information content (AvgIpc) is 2.79. The summed E-state index contributed by atoms with van der Waals surface area (Å²) in [7, 11) is 0. The highest BCUT2D eigenvalue weighted by Crippen LogP contribution is 2.47. The highest BCUT2D eigenvalue weighted by Gasteiger charge is 2.46. The Kier molecular flexibility index (Phi) is 3.49. The van der Waals surface area contributed by atoms with Crippen molar-refractivity contribution in [3.05, 3.63) is 35.4 Å². The van der Waals surface area contributed by atoms with Crippen LogP contribution in [-0.4, -0.2) is 11.4 Å². The lowest BCUT2D eigenvalue weighted by Crippen LogP contribution is -2.33. The molecule has 106 valence electrons. The Balaban J connectivity index is 2.03. The summed E-state index contributed by atoms with van der Waals surface area (Å²) in [6.07, 6.45) is 2.55. The molecule has 1 saturated carbocycles. The van der Waals surface area contributed by atoms with E-state index < -0.39 is 0 Å². The Morgan fingerprint density at radius 2 is 1.75 bits per heavy atom. The van der Waals surface area contributed by atoms with E-state index in [2.05, 4.69) is 62.2 Å². The van der Waals surface area contributed by atoms with E-state index in [-0.39, 0.29) is 0 Å². The number of nitrogens with zero attached hydrogens (tertiary/aromatic N) is 2. The van der Waals surface area contributed by atoms with Crippen LogP contribution < -0.4 is 0 Å². The van der Waals surface area contributed by atoms with Crippen LogP contribution in [0.3, 0.4) is 0 Å². The summed E-state index contributed by atoms with van der Waals surface area (Å²) in [4.78, 5) is 0. The van der Waals surface area contributed by atoms with Gasteiger partial charge in [-0.1, -0.05) is 50.1 Å². The lowest BCUT2D eigenvalue weighted by Gasteiger charge is -2.29. The van der Waals surface area contributed by atoms with Crippen molar-refractivity contribution in [1.82, 2.24) is 0 Å². The Morgan fingerprint density at radius 1 is 1.05 bits per heavy atom. The molecule has 0 saturated heterocycles. The van der Waals surface area contributed by atoms with E-state index in [1.54, 1.807) is 0 Å². The van der Waals surface area contributed by atoms with Crippen LogP contribution in [0.15, 0.2) is 34.5 Å². The van der Waals surface area contributed by atoms with E-state index in [4.69, 9.17) is 0 Å². The van der Waals surface area contributed by atoms with Crippen LogP contribution in [0.1, 0.15) is 44.7 Å². The van der Waals surface area contributed by atoms with E-state index in [9.17, 15) is 0 Å². The largest absolute Gasteiger partial charge is 0.160 e. The Bertz CT molecular complexity index is 553. The van der Waals surface area contributed by atoms with Crippen molar-refractivity contribution in [3.63, 3.8) is 0 Å². The molecule has 1 heterocycles. The molecule has 0 bridgehead atoms. The number of rotatable bonds is 2. The zero-order chi connectivity index (χ0) is 14.3. The van der Waals surface area contributed by atoms with Crippen molar-refractivity contribution in [2.24, 2.45) is 33.9 Å². The molecule has 0 amide bonds. The van der Waals surface area contributed by atoms with Crippen LogP contribution in [0.5, 0.6) is 0 Å². The van der Waals surface area contributed by atoms with E-state index in [1.165, 1.54) is 35.4 Å². The minimum absolute atomic E-state index is 0.565. The van der Waals surface area contributed by atoms with Crippen molar-refractivity contribution >= 4 is 11.4 Å². The standard InChI is InChI=1S/C18H24N2/c1-5-14-10-12(3)16-13(4)19-20-18(17(14)16)15-8-6-11(2)7-9-15/h6-9,12,14,16-17H,5,10H2,1-4H3. The molecule has 0 N–H and O–H groups in total. The predicted molar refractivity (Wildman–Crippen MR) is 85.4 cm³/mol. The molecule has 1 aromatic carbocycles. The molecule has 3 rings (SSSR count). The second kappa shape index (κ2) is 5.16. The third-order valence-electron chi connectivity index (χ3n) is 5.17. The molecule has 4 atom stereocenters. The minimum Gasteiger partial charge on any atom is -0.160 e. The fourth-order valence-electron chi connectivity index (χ4n) is 4.14. The van der Waals surface area contributed by atoms with Crippen molar-refractivity contribution in [1.29, 1.82) is 0 Å². The van der Waals surface area contributed by atoms with Crippen LogP contribution >= 0.6 is 0 Å². The molecule has 2 nitrogen and oxygen atoms in total. The summed E-state index contributed by atoms with van der Waals surface area (Å²) in [6, 6.07) is 8.77.